The van der Waals surface area contributed by atoms with E-state index < -0.39 is 17.7 Å². The van der Waals surface area contributed by atoms with Crippen molar-refractivity contribution in [3.8, 4) is 0 Å². The van der Waals surface area contributed by atoms with E-state index in [-0.39, 0.29) is 17.9 Å². The van der Waals surface area contributed by atoms with Crippen LogP contribution in [0.5, 0.6) is 0 Å². The number of benzene rings is 2. The molecule has 1 unspecified atom stereocenters. The third kappa shape index (κ3) is 3.45. The van der Waals surface area contributed by atoms with Crippen molar-refractivity contribution in [3.05, 3.63) is 100.0 Å². The van der Waals surface area contributed by atoms with E-state index in [2.05, 4.69) is 0 Å². The Morgan fingerprint density at radius 3 is 2.45 bits per heavy atom. The molecule has 2 heterocycles. The van der Waals surface area contributed by atoms with Gasteiger partial charge in [-0.2, -0.15) is 0 Å². The van der Waals surface area contributed by atoms with Gasteiger partial charge in [0.2, 0.25) is 0 Å². The van der Waals surface area contributed by atoms with E-state index in [4.69, 9.17) is 16.0 Å². The zero-order valence-corrected chi connectivity index (χ0v) is 16.4. The van der Waals surface area contributed by atoms with Crippen molar-refractivity contribution in [2.45, 2.75) is 19.5 Å². The van der Waals surface area contributed by atoms with Crippen molar-refractivity contribution in [1.82, 2.24) is 4.90 Å². The summed E-state index contributed by atoms with van der Waals surface area (Å²) in [6.45, 7) is 2.01. The van der Waals surface area contributed by atoms with Crippen LogP contribution in [0, 0.1) is 6.92 Å². The second kappa shape index (κ2) is 7.60. The summed E-state index contributed by atoms with van der Waals surface area (Å²) in [5, 5.41) is 11.4. The Labute approximate surface area is 172 Å². The van der Waals surface area contributed by atoms with Gasteiger partial charge in [0.05, 0.1) is 24.4 Å². The second-order valence-electron chi connectivity index (χ2n) is 6.89. The van der Waals surface area contributed by atoms with Crippen LogP contribution in [0.1, 0.15) is 28.5 Å². The number of rotatable bonds is 4. The third-order valence-corrected chi connectivity index (χ3v) is 5.32. The van der Waals surface area contributed by atoms with E-state index in [1.165, 1.54) is 11.2 Å². The Bertz CT molecular complexity index is 1100. The average molecular weight is 408 g/mol. The number of Topliss-reactive ketones (excluding diaryl/α,β-unsaturated/α-hetero) is 1. The summed E-state index contributed by atoms with van der Waals surface area (Å²) in [4.78, 5) is 27.2. The molecule has 5 nitrogen and oxygen atoms in total. The molecular weight excluding hydrogens is 390 g/mol. The molecule has 0 saturated carbocycles. The largest absolute Gasteiger partial charge is 0.507 e. The van der Waals surface area contributed by atoms with E-state index in [1.54, 1.807) is 48.5 Å². The Morgan fingerprint density at radius 2 is 1.79 bits per heavy atom. The van der Waals surface area contributed by atoms with Gasteiger partial charge in [-0.25, -0.2) is 0 Å². The van der Waals surface area contributed by atoms with Gasteiger partial charge in [-0.3, -0.25) is 9.59 Å². The zero-order valence-electron chi connectivity index (χ0n) is 15.6. The smallest absolute Gasteiger partial charge is 0.296 e. The van der Waals surface area contributed by atoms with Crippen LogP contribution in [-0.2, 0) is 16.1 Å². The van der Waals surface area contributed by atoms with Gasteiger partial charge in [-0.1, -0.05) is 59.6 Å². The Balaban J connectivity index is 1.89. The molecular formula is C23H18ClNO4. The molecule has 29 heavy (non-hydrogen) atoms. The van der Waals surface area contributed by atoms with Crippen molar-refractivity contribution >= 4 is 29.1 Å². The number of aliphatic hydroxyl groups excluding tert-OH is 1. The van der Waals surface area contributed by atoms with Crippen LogP contribution in [0.3, 0.4) is 0 Å². The highest BCUT2D eigenvalue weighted by Gasteiger charge is 2.47. The van der Waals surface area contributed by atoms with Crippen molar-refractivity contribution in [2.24, 2.45) is 0 Å². The fourth-order valence-corrected chi connectivity index (χ4v) is 3.74. The summed E-state index contributed by atoms with van der Waals surface area (Å²) in [6.07, 6.45) is 1.50. The summed E-state index contributed by atoms with van der Waals surface area (Å²) < 4.78 is 5.37. The quantitative estimate of drug-likeness (QED) is 0.381. The van der Waals surface area contributed by atoms with Gasteiger partial charge in [0.15, 0.2) is 0 Å². The lowest BCUT2D eigenvalue weighted by atomic mass is 9.95. The topological polar surface area (TPSA) is 70.8 Å². The lowest BCUT2D eigenvalue weighted by Crippen LogP contribution is -2.29. The van der Waals surface area contributed by atoms with E-state index in [9.17, 15) is 14.7 Å². The molecule has 0 aliphatic carbocycles. The predicted molar refractivity (Wildman–Crippen MR) is 109 cm³/mol. The molecule has 1 saturated heterocycles. The minimum absolute atomic E-state index is 0.0125. The minimum Gasteiger partial charge on any atom is -0.507 e. The first-order valence-electron chi connectivity index (χ1n) is 9.09. The first-order valence-corrected chi connectivity index (χ1v) is 9.47. The molecule has 1 N–H and O–H groups in total. The van der Waals surface area contributed by atoms with Gasteiger partial charge in [0.25, 0.3) is 11.7 Å². The number of ketones is 1. The molecule has 1 aliphatic rings. The number of aliphatic hydroxyl groups is 1. The lowest BCUT2D eigenvalue weighted by Gasteiger charge is -2.25. The minimum atomic E-state index is -0.824. The SMILES string of the molecule is Cc1ccc(/C(O)=C2\C(=O)C(=O)N(Cc3ccco3)C2c2ccccc2Cl)cc1. The molecule has 1 aromatic heterocycles. The average Bonchev–Trinajstić information content (AvgIpc) is 3.31. The Morgan fingerprint density at radius 1 is 1.07 bits per heavy atom. The molecule has 0 spiro atoms. The summed E-state index contributed by atoms with van der Waals surface area (Å²) >= 11 is 6.41. The molecule has 2 aromatic carbocycles. The normalized spacial score (nSPS) is 18.4. The summed E-state index contributed by atoms with van der Waals surface area (Å²) in [6, 6.07) is 16.7. The number of aryl methyl sites for hydroxylation is 1. The van der Waals surface area contributed by atoms with Gasteiger partial charge in [0, 0.05) is 10.6 Å². The summed E-state index contributed by atoms with van der Waals surface area (Å²) in [5.74, 6) is -1.16. The highest BCUT2D eigenvalue weighted by atomic mass is 35.5. The number of likely N-dealkylation sites (tertiary alicyclic amines) is 1. The zero-order chi connectivity index (χ0) is 20.5. The van der Waals surface area contributed by atoms with Crippen LogP contribution >= 0.6 is 11.6 Å². The molecule has 1 atom stereocenters. The van der Waals surface area contributed by atoms with Gasteiger partial charge >= 0.3 is 0 Å². The van der Waals surface area contributed by atoms with Crippen LogP contribution in [0.15, 0.2) is 76.9 Å². The Hall–Kier alpha value is -3.31. The fourth-order valence-electron chi connectivity index (χ4n) is 3.50. The Kier molecular flexibility index (Phi) is 4.99. The standard InChI is InChI=1S/C23H18ClNO4/c1-14-8-10-15(11-9-14)21(26)19-20(17-6-2-3-7-18(17)24)25(23(28)22(19)27)13-16-5-4-12-29-16/h2-12,20,26H,13H2,1H3/b21-19+. The van der Waals surface area contributed by atoms with E-state index in [0.29, 0.717) is 21.9 Å². The predicted octanol–water partition coefficient (Wildman–Crippen LogP) is 4.86. The van der Waals surface area contributed by atoms with Crippen molar-refractivity contribution in [2.75, 3.05) is 0 Å². The number of furan rings is 1. The summed E-state index contributed by atoms with van der Waals surface area (Å²) in [7, 11) is 0. The van der Waals surface area contributed by atoms with E-state index >= 15 is 0 Å². The number of amides is 1. The number of nitrogens with zero attached hydrogens (tertiary/aromatic N) is 1. The van der Waals surface area contributed by atoms with Crippen LogP contribution in [0.25, 0.3) is 5.76 Å². The lowest BCUT2D eigenvalue weighted by molar-refractivity contribution is -0.140. The molecule has 146 valence electrons. The first kappa shape index (κ1) is 19.0. The molecule has 0 radical (unpaired) electrons. The number of carbonyl (C=O) groups is 2. The molecule has 6 heteroatoms. The van der Waals surface area contributed by atoms with Crippen LogP contribution in [0.4, 0.5) is 0 Å². The number of carbonyl (C=O) groups excluding carboxylic acids is 2. The van der Waals surface area contributed by atoms with Crippen molar-refractivity contribution in [1.29, 1.82) is 0 Å². The fraction of sp³-hybridized carbons (Fsp3) is 0.130. The molecule has 4 rings (SSSR count). The maximum atomic E-state index is 12.9. The molecule has 0 bridgehead atoms. The van der Waals surface area contributed by atoms with Crippen LogP contribution < -0.4 is 0 Å². The molecule has 1 fully saturated rings. The second-order valence-corrected chi connectivity index (χ2v) is 7.30. The number of hydrogen-bond donors (Lipinski definition) is 1. The van der Waals surface area contributed by atoms with Crippen LogP contribution in [-0.4, -0.2) is 21.7 Å². The third-order valence-electron chi connectivity index (χ3n) is 4.97. The highest BCUT2D eigenvalue weighted by molar-refractivity contribution is 6.46. The highest BCUT2D eigenvalue weighted by Crippen LogP contribution is 2.42. The van der Waals surface area contributed by atoms with E-state index in [1.807, 2.05) is 19.1 Å². The van der Waals surface area contributed by atoms with Crippen LogP contribution in [0.2, 0.25) is 5.02 Å². The molecule has 1 amide bonds. The molecule has 3 aromatic rings. The van der Waals surface area contributed by atoms with Gasteiger partial charge in [-0.05, 0) is 30.7 Å². The maximum Gasteiger partial charge on any atom is 0.296 e. The number of hydrogen-bond acceptors (Lipinski definition) is 4. The summed E-state index contributed by atoms with van der Waals surface area (Å²) in [5.41, 5.74) is 2.05. The first-order chi connectivity index (χ1) is 14.0. The van der Waals surface area contributed by atoms with Crippen molar-refractivity contribution in [3.63, 3.8) is 0 Å². The van der Waals surface area contributed by atoms with Crippen molar-refractivity contribution < 1.29 is 19.1 Å². The van der Waals surface area contributed by atoms with Gasteiger partial charge < -0.3 is 14.4 Å². The van der Waals surface area contributed by atoms with E-state index in [0.717, 1.165) is 5.56 Å². The van der Waals surface area contributed by atoms with Gasteiger partial charge in [-0.15, -0.1) is 0 Å². The van der Waals surface area contributed by atoms with Gasteiger partial charge in [0.1, 0.15) is 11.5 Å². The monoisotopic (exact) mass is 407 g/mol. The maximum absolute atomic E-state index is 12.9. The number of halogens is 1. The molecule has 1 aliphatic heterocycles.